The quantitative estimate of drug-likeness (QED) is 0.784. The molecule has 1 aliphatic rings. The van der Waals surface area contributed by atoms with Crippen LogP contribution in [0.1, 0.15) is 34.9 Å². The summed E-state index contributed by atoms with van der Waals surface area (Å²) in [5, 5.41) is 0. The van der Waals surface area contributed by atoms with Crippen LogP contribution in [0.5, 0.6) is 0 Å². The summed E-state index contributed by atoms with van der Waals surface area (Å²) in [6.07, 6.45) is 4.58. The van der Waals surface area contributed by atoms with E-state index >= 15 is 0 Å². The number of pyridine rings is 1. The lowest BCUT2D eigenvalue weighted by atomic mass is 10.0. The normalized spacial score (nSPS) is 18.7. The first-order chi connectivity index (χ1) is 10.00. The number of hydrogen-bond donors (Lipinski definition) is 0. The third-order valence-electron chi connectivity index (χ3n) is 3.90. The van der Waals surface area contributed by atoms with Crippen molar-refractivity contribution >= 4 is 21.3 Å². The van der Waals surface area contributed by atoms with E-state index in [-0.39, 0.29) is 17.4 Å². The molecule has 0 atom stereocenters. The Labute approximate surface area is 122 Å². The largest absolute Gasteiger partial charge is 0.465 e. The molecule has 6 nitrogen and oxygen atoms in total. The molecule has 3 heterocycles. The van der Waals surface area contributed by atoms with Gasteiger partial charge in [0.1, 0.15) is 15.7 Å². The van der Waals surface area contributed by atoms with Crippen molar-refractivity contribution in [2.45, 2.75) is 18.8 Å². The standard InChI is InChI=1S/C14H16N2O4S/c1-20-14(17)11-2-3-12-8-15-13(16(12)9-11)10-4-6-21(18,19)7-5-10/h2-3,8-10H,4-7H2,1H3. The topological polar surface area (TPSA) is 77.7 Å². The number of carbonyl (C=O) groups is 1. The highest BCUT2D eigenvalue weighted by Gasteiger charge is 2.27. The van der Waals surface area contributed by atoms with Gasteiger partial charge in [-0.25, -0.2) is 18.2 Å². The first kappa shape index (κ1) is 14.1. The predicted molar refractivity (Wildman–Crippen MR) is 77.2 cm³/mol. The Balaban J connectivity index is 1.97. The minimum Gasteiger partial charge on any atom is -0.465 e. The maximum atomic E-state index is 11.6. The fourth-order valence-electron chi connectivity index (χ4n) is 2.70. The van der Waals surface area contributed by atoms with Gasteiger partial charge in [0.2, 0.25) is 0 Å². The van der Waals surface area contributed by atoms with Gasteiger partial charge in [0, 0.05) is 12.1 Å². The molecule has 1 saturated heterocycles. The lowest BCUT2D eigenvalue weighted by Crippen LogP contribution is -2.23. The lowest BCUT2D eigenvalue weighted by Gasteiger charge is -2.21. The van der Waals surface area contributed by atoms with Crippen molar-refractivity contribution in [2.24, 2.45) is 0 Å². The SMILES string of the molecule is COC(=O)c1ccc2cnc(C3CCS(=O)(=O)CC3)n2c1. The molecular formula is C14H16N2O4S. The number of sulfone groups is 1. The number of rotatable bonds is 2. The zero-order chi connectivity index (χ0) is 15.0. The van der Waals surface area contributed by atoms with E-state index in [1.165, 1.54) is 7.11 Å². The Morgan fingerprint density at radius 1 is 1.33 bits per heavy atom. The molecule has 0 radical (unpaired) electrons. The third kappa shape index (κ3) is 2.65. The highest BCUT2D eigenvalue weighted by Crippen LogP contribution is 2.29. The number of fused-ring (bicyclic) bond motifs is 1. The highest BCUT2D eigenvalue weighted by molar-refractivity contribution is 7.91. The average Bonchev–Trinajstić information content (AvgIpc) is 2.89. The Kier molecular flexibility index (Phi) is 3.44. The minimum atomic E-state index is -2.90. The fourth-order valence-corrected chi connectivity index (χ4v) is 4.19. The monoisotopic (exact) mass is 308 g/mol. The van der Waals surface area contributed by atoms with Crippen LogP contribution in [-0.2, 0) is 14.6 Å². The third-order valence-corrected chi connectivity index (χ3v) is 5.61. The molecule has 2 aromatic heterocycles. The van der Waals surface area contributed by atoms with Crippen LogP contribution in [0.2, 0.25) is 0 Å². The molecule has 0 amide bonds. The van der Waals surface area contributed by atoms with Gasteiger partial charge in [-0.15, -0.1) is 0 Å². The van der Waals surface area contributed by atoms with Crippen molar-refractivity contribution in [1.29, 1.82) is 0 Å². The number of aromatic nitrogens is 2. The molecule has 0 spiro atoms. The van der Waals surface area contributed by atoms with Crippen molar-refractivity contribution in [2.75, 3.05) is 18.6 Å². The maximum absolute atomic E-state index is 11.6. The van der Waals surface area contributed by atoms with Gasteiger partial charge < -0.3 is 9.14 Å². The number of ether oxygens (including phenoxy) is 1. The van der Waals surface area contributed by atoms with Crippen molar-refractivity contribution in [3.8, 4) is 0 Å². The van der Waals surface area contributed by atoms with Gasteiger partial charge >= 0.3 is 5.97 Å². The Morgan fingerprint density at radius 3 is 2.71 bits per heavy atom. The fraction of sp³-hybridized carbons (Fsp3) is 0.429. The molecule has 3 rings (SSSR count). The van der Waals surface area contributed by atoms with Crippen molar-refractivity contribution in [3.63, 3.8) is 0 Å². The molecule has 112 valence electrons. The summed E-state index contributed by atoms with van der Waals surface area (Å²) in [6.45, 7) is 0. The molecular weight excluding hydrogens is 292 g/mol. The van der Waals surface area contributed by atoms with E-state index in [9.17, 15) is 13.2 Å². The summed E-state index contributed by atoms with van der Waals surface area (Å²) < 4.78 is 29.6. The summed E-state index contributed by atoms with van der Waals surface area (Å²) >= 11 is 0. The van der Waals surface area contributed by atoms with Gasteiger partial charge in [0.25, 0.3) is 0 Å². The van der Waals surface area contributed by atoms with Gasteiger partial charge in [-0.2, -0.15) is 0 Å². The number of methoxy groups -OCH3 is 1. The number of carbonyl (C=O) groups excluding carboxylic acids is 1. The molecule has 21 heavy (non-hydrogen) atoms. The molecule has 0 bridgehead atoms. The first-order valence-electron chi connectivity index (χ1n) is 6.76. The number of imidazole rings is 1. The predicted octanol–water partition coefficient (Wildman–Crippen LogP) is 1.41. The smallest absolute Gasteiger partial charge is 0.339 e. The Bertz CT molecular complexity index is 780. The summed E-state index contributed by atoms with van der Waals surface area (Å²) in [5.41, 5.74) is 1.33. The summed E-state index contributed by atoms with van der Waals surface area (Å²) in [4.78, 5) is 16.0. The Morgan fingerprint density at radius 2 is 2.05 bits per heavy atom. The highest BCUT2D eigenvalue weighted by atomic mass is 32.2. The van der Waals surface area contributed by atoms with E-state index in [4.69, 9.17) is 4.74 Å². The van der Waals surface area contributed by atoms with E-state index in [0.717, 1.165) is 11.3 Å². The van der Waals surface area contributed by atoms with Crippen LogP contribution in [-0.4, -0.2) is 42.4 Å². The van der Waals surface area contributed by atoms with E-state index in [1.807, 2.05) is 10.5 Å². The van der Waals surface area contributed by atoms with Gasteiger partial charge in [-0.3, -0.25) is 0 Å². The van der Waals surface area contributed by atoms with E-state index < -0.39 is 15.8 Å². The van der Waals surface area contributed by atoms with Gasteiger partial charge in [-0.05, 0) is 25.0 Å². The first-order valence-corrected chi connectivity index (χ1v) is 8.58. The van der Waals surface area contributed by atoms with Crippen molar-refractivity contribution in [1.82, 2.24) is 9.38 Å². The maximum Gasteiger partial charge on any atom is 0.339 e. The zero-order valence-electron chi connectivity index (χ0n) is 11.7. The van der Waals surface area contributed by atoms with Crippen LogP contribution in [0.4, 0.5) is 0 Å². The zero-order valence-corrected chi connectivity index (χ0v) is 12.5. The summed E-state index contributed by atoms with van der Waals surface area (Å²) in [5.74, 6) is 0.907. The van der Waals surface area contributed by atoms with Crippen LogP contribution in [0, 0.1) is 0 Å². The second-order valence-electron chi connectivity index (χ2n) is 5.25. The molecule has 2 aromatic rings. The van der Waals surface area contributed by atoms with Crippen LogP contribution in [0.3, 0.4) is 0 Å². The van der Waals surface area contributed by atoms with Crippen LogP contribution in [0.25, 0.3) is 5.52 Å². The summed E-state index contributed by atoms with van der Waals surface area (Å²) in [7, 11) is -1.56. The molecule has 1 fully saturated rings. The molecule has 0 unspecified atom stereocenters. The van der Waals surface area contributed by atoms with Crippen LogP contribution >= 0.6 is 0 Å². The average molecular weight is 308 g/mol. The molecule has 0 saturated carbocycles. The van der Waals surface area contributed by atoms with E-state index in [2.05, 4.69) is 4.98 Å². The van der Waals surface area contributed by atoms with E-state index in [0.29, 0.717) is 18.4 Å². The summed E-state index contributed by atoms with van der Waals surface area (Å²) in [6, 6.07) is 3.50. The number of esters is 1. The lowest BCUT2D eigenvalue weighted by molar-refractivity contribution is 0.0600. The number of nitrogens with zero attached hydrogens (tertiary/aromatic N) is 2. The number of hydrogen-bond acceptors (Lipinski definition) is 5. The molecule has 0 N–H and O–H groups in total. The second kappa shape index (κ2) is 5.14. The molecule has 0 aromatic carbocycles. The van der Waals surface area contributed by atoms with Gasteiger partial charge in [-0.1, -0.05) is 0 Å². The van der Waals surface area contributed by atoms with Crippen molar-refractivity contribution in [3.05, 3.63) is 35.9 Å². The van der Waals surface area contributed by atoms with Crippen LogP contribution in [0.15, 0.2) is 24.5 Å². The Hall–Kier alpha value is -1.89. The minimum absolute atomic E-state index is 0.101. The van der Waals surface area contributed by atoms with Crippen molar-refractivity contribution < 1.29 is 17.9 Å². The second-order valence-corrected chi connectivity index (χ2v) is 7.55. The van der Waals surface area contributed by atoms with Gasteiger partial charge in [0.15, 0.2) is 0 Å². The molecule has 0 aliphatic carbocycles. The van der Waals surface area contributed by atoms with Crippen LogP contribution < -0.4 is 0 Å². The van der Waals surface area contributed by atoms with Gasteiger partial charge in [0.05, 0.1) is 35.9 Å². The van der Waals surface area contributed by atoms with E-state index in [1.54, 1.807) is 18.5 Å². The molecule has 7 heteroatoms. The molecule has 1 aliphatic heterocycles.